The van der Waals surface area contributed by atoms with Gasteiger partial charge in [-0.15, -0.1) is 0 Å². The molecule has 20 heavy (non-hydrogen) atoms. The molecule has 0 bridgehead atoms. The Kier molecular flexibility index (Phi) is 2.90. The summed E-state index contributed by atoms with van der Waals surface area (Å²) in [5, 5.41) is 3.00. The van der Waals surface area contributed by atoms with E-state index >= 15 is 0 Å². The standard InChI is InChI=1S/C17H15NO2/c1-10-9-11(2)18-17-14(10)8-7-13-5-4-6-15(16(13)17)20-12(3)19/h4-9H,1-3H3. The number of ether oxygens (including phenoxy) is 1. The maximum Gasteiger partial charge on any atom is 0.308 e. The van der Waals surface area contributed by atoms with Crippen LogP contribution in [0.25, 0.3) is 21.7 Å². The fourth-order valence-corrected chi connectivity index (χ4v) is 2.60. The minimum absolute atomic E-state index is 0.320. The first-order valence-electron chi connectivity index (χ1n) is 6.54. The molecular weight excluding hydrogens is 250 g/mol. The van der Waals surface area contributed by atoms with Gasteiger partial charge in [-0.25, -0.2) is 0 Å². The maximum atomic E-state index is 11.3. The highest BCUT2D eigenvalue weighted by molar-refractivity contribution is 6.09. The molecular formula is C17H15NO2. The average molecular weight is 265 g/mol. The van der Waals surface area contributed by atoms with E-state index in [0.29, 0.717) is 5.75 Å². The van der Waals surface area contributed by atoms with Crippen molar-refractivity contribution in [3.63, 3.8) is 0 Å². The molecule has 0 aliphatic heterocycles. The van der Waals surface area contributed by atoms with Gasteiger partial charge in [-0.1, -0.05) is 24.3 Å². The monoisotopic (exact) mass is 265 g/mol. The summed E-state index contributed by atoms with van der Waals surface area (Å²) in [5.74, 6) is 0.247. The van der Waals surface area contributed by atoms with Crippen molar-refractivity contribution in [3.8, 4) is 5.75 Å². The Morgan fingerprint density at radius 1 is 1.15 bits per heavy atom. The van der Waals surface area contributed by atoms with Crippen molar-refractivity contribution in [1.82, 2.24) is 4.98 Å². The van der Waals surface area contributed by atoms with Crippen LogP contribution in [-0.4, -0.2) is 11.0 Å². The lowest BCUT2D eigenvalue weighted by molar-refractivity contribution is -0.131. The van der Waals surface area contributed by atoms with E-state index in [1.165, 1.54) is 12.5 Å². The van der Waals surface area contributed by atoms with Crippen LogP contribution in [0.3, 0.4) is 0 Å². The minimum Gasteiger partial charge on any atom is -0.426 e. The van der Waals surface area contributed by atoms with Gasteiger partial charge in [0.2, 0.25) is 0 Å². The Labute approximate surface area is 117 Å². The van der Waals surface area contributed by atoms with Crippen LogP contribution >= 0.6 is 0 Å². The molecule has 3 rings (SSSR count). The van der Waals surface area contributed by atoms with Crippen LogP contribution in [0.5, 0.6) is 5.75 Å². The molecule has 1 aromatic heterocycles. The third-order valence-corrected chi connectivity index (χ3v) is 3.37. The second-order valence-corrected chi connectivity index (χ2v) is 4.99. The predicted molar refractivity (Wildman–Crippen MR) is 80.0 cm³/mol. The Morgan fingerprint density at radius 2 is 1.95 bits per heavy atom. The molecule has 1 heterocycles. The van der Waals surface area contributed by atoms with Crippen molar-refractivity contribution in [2.45, 2.75) is 20.8 Å². The number of esters is 1. The zero-order valence-electron chi connectivity index (χ0n) is 11.7. The second-order valence-electron chi connectivity index (χ2n) is 4.99. The zero-order valence-corrected chi connectivity index (χ0v) is 11.7. The van der Waals surface area contributed by atoms with Crippen LogP contribution < -0.4 is 4.74 Å². The topological polar surface area (TPSA) is 39.2 Å². The number of benzene rings is 2. The summed E-state index contributed by atoms with van der Waals surface area (Å²) in [5.41, 5.74) is 3.02. The zero-order chi connectivity index (χ0) is 14.3. The number of aromatic nitrogens is 1. The van der Waals surface area contributed by atoms with Crippen LogP contribution in [0, 0.1) is 13.8 Å². The molecule has 0 atom stereocenters. The van der Waals surface area contributed by atoms with Crippen molar-refractivity contribution in [1.29, 1.82) is 0 Å². The van der Waals surface area contributed by atoms with Crippen LogP contribution in [0.1, 0.15) is 18.2 Å². The van der Waals surface area contributed by atoms with E-state index in [1.54, 1.807) is 0 Å². The third-order valence-electron chi connectivity index (χ3n) is 3.37. The van der Waals surface area contributed by atoms with Crippen molar-refractivity contribution in [3.05, 3.63) is 47.7 Å². The molecule has 0 spiro atoms. The molecule has 100 valence electrons. The van der Waals surface area contributed by atoms with Gasteiger partial charge in [-0.05, 0) is 36.9 Å². The Balaban J connectivity index is 2.47. The van der Waals surface area contributed by atoms with Gasteiger partial charge >= 0.3 is 5.97 Å². The van der Waals surface area contributed by atoms with Gasteiger partial charge in [0.15, 0.2) is 0 Å². The molecule has 0 aliphatic carbocycles. The summed E-state index contributed by atoms with van der Waals surface area (Å²) in [7, 11) is 0. The summed E-state index contributed by atoms with van der Waals surface area (Å²) in [6, 6.07) is 11.9. The number of hydrogen-bond acceptors (Lipinski definition) is 3. The molecule has 0 aliphatic rings. The van der Waals surface area contributed by atoms with E-state index in [9.17, 15) is 4.79 Å². The highest BCUT2D eigenvalue weighted by Crippen LogP contribution is 2.33. The smallest absolute Gasteiger partial charge is 0.308 e. The van der Waals surface area contributed by atoms with Crippen molar-refractivity contribution < 1.29 is 9.53 Å². The van der Waals surface area contributed by atoms with Gasteiger partial charge in [-0.2, -0.15) is 0 Å². The number of carbonyl (C=O) groups excluding carboxylic acids is 1. The molecule has 3 heteroatoms. The van der Waals surface area contributed by atoms with Crippen LogP contribution in [0.15, 0.2) is 36.4 Å². The Hall–Kier alpha value is -2.42. The Bertz CT molecular complexity index is 837. The van der Waals surface area contributed by atoms with Gasteiger partial charge in [0.05, 0.1) is 10.9 Å². The lowest BCUT2D eigenvalue weighted by Crippen LogP contribution is -2.02. The number of carbonyl (C=O) groups is 1. The summed E-state index contributed by atoms with van der Waals surface area (Å²) in [4.78, 5) is 15.9. The fourth-order valence-electron chi connectivity index (χ4n) is 2.60. The van der Waals surface area contributed by atoms with E-state index < -0.39 is 0 Å². The van der Waals surface area contributed by atoms with E-state index in [0.717, 1.165) is 27.4 Å². The molecule has 0 radical (unpaired) electrons. The molecule has 0 saturated carbocycles. The van der Waals surface area contributed by atoms with Crippen LogP contribution in [0.2, 0.25) is 0 Å². The number of aryl methyl sites for hydroxylation is 2. The van der Waals surface area contributed by atoms with E-state index in [1.807, 2.05) is 31.2 Å². The van der Waals surface area contributed by atoms with Crippen molar-refractivity contribution in [2.75, 3.05) is 0 Å². The molecule has 0 saturated heterocycles. The van der Waals surface area contributed by atoms with Crippen LogP contribution in [0.4, 0.5) is 0 Å². The van der Waals surface area contributed by atoms with Gasteiger partial charge < -0.3 is 4.74 Å². The van der Waals surface area contributed by atoms with E-state index in [-0.39, 0.29) is 5.97 Å². The molecule has 3 aromatic rings. The quantitative estimate of drug-likeness (QED) is 0.380. The maximum absolute atomic E-state index is 11.3. The molecule has 0 N–H and O–H groups in total. The largest absolute Gasteiger partial charge is 0.426 e. The number of nitrogens with zero attached hydrogens (tertiary/aromatic N) is 1. The summed E-state index contributed by atoms with van der Waals surface area (Å²) >= 11 is 0. The third kappa shape index (κ3) is 2.01. The Morgan fingerprint density at radius 3 is 2.70 bits per heavy atom. The number of hydrogen-bond donors (Lipinski definition) is 0. The first kappa shape index (κ1) is 12.6. The first-order valence-corrected chi connectivity index (χ1v) is 6.54. The minimum atomic E-state index is -0.320. The number of fused-ring (bicyclic) bond motifs is 3. The second kappa shape index (κ2) is 4.60. The normalized spacial score (nSPS) is 10.9. The first-order chi connectivity index (χ1) is 9.56. The lowest BCUT2D eigenvalue weighted by Gasteiger charge is -2.10. The summed E-state index contributed by atoms with van der Waals surface area (Å²) < 4.78 is 5.34. The SMILES string of the molecule is CC(=O)Oc1cccc2ccc3c(C)cc(C)nc3c12. The van der Waals surface area contributed by atoms with Crippen molar-refractivity contribution in [2.24, 2.45) is 0 Å². The van der Waals surface area contributed by atoms with Crippen LogP contribution in [-0.2, 0) is 4.79 Å². The number of rotatable bonds is 1. The summed E-state index contributed by atoms with van der Waals surface area (Å²) in [6.07, 6.45) is 0. The predicted octanol–water partition coefficient (Wildman–Crippen LogP) is 3.93. The van der Waals surface area contributed by atoms with Crippen molar-refractivity contribution >= 4 is 27.6 Å². The lowest BCUT2D eigenvalue weighted by atomic mass is 10.0. The van der Waals surface area contributed by atoms with Gasteiger partial charge in [-0.3, -0.25) is 9.78 Å². The van der Waals surface area contributed by atoms with Gasteiger partial charge in [0, 0.05) is 18.0 Å². The summed E-state index contributed by atoms with van der Waals surface area (Å²) in [6.45, 7) is 5.45. The van der Waals surface area contributed by atoms with Gasteiger partial charge in [0.25, 0.3) is 0 Å². The fraction of sp³-hybridized carbons (Fsp3) is 0.176. The van der Waals surface area contributed by atoms with E-state index in [2.05, 4.69) is 24.0 Å². The molecule has 0 fully saturated rings. The number of pyridine rings is 1. The molecule has 0 unspecified atom stereocenters. The molecule has 3 nitrogen and oxygen atoms in total. The average Bonchev–Trinajstić information content (AvgIpc) is 2.37. The highest BCUT2D eigenvalue weighted by Gasteiger charge is 2.11. The molecule has 2 aromatic carbocycles. The van der Waals surface area contributed by atoms with E-state index in [4.69, 9.17) is 4.74 Å². The highest BCUT2D eigenvalue weighted by atomic mass is 16.5. The molecule has 0 amide bonds. The van der Waals surface area contributed by atoms with Gasteiger partial charge in [0.1, 0.15) is 5.75 Å².